The first kappa shape index (κ1) is 15.4. The zero-order chi connectivity index (χ0) is 15.4. The monoisotopic (exact) mass is 302 g/mol. The van der Waals surface area contributed by atoms with Crippen LogP contribution in [0.3, 0.4) is 0 Å². The van der Waals surface area contributed by atoms with Gasteiger partial charge in [-0.05, 0) is 55.2 Å². The Kier molecular flexibility index (Phi) is 4.86. The number of aryl methyl sites for hydroxylation is 2. The molecule has 0 heterocycles. The van der Waals surface area contributed by atoms with Crippen molar-refractivity contribution < 1.29 is 4.79 Å². The summed E-state index contributed by atoms with van der Waals surface area (Å²) in [6.07, 6.45) is 1.07. The molecule has 0 aliphatic carbocycles. The molecule has 2 rings (SSSR count). The minimum Gasteiger partial charge on any atom is -0.399 e. The van der Waals surface area contributed by atoms with E-state index in [1.54, 1.807) is 0 Å². The van der Waals surface area contributed by atoms with Crippen molar-refractivity contribution in [1.29, 1.82) is 0 Å². The molecule has 0 unspecified atom stereocenters. The molecule has 0 aromatic heterocycles. The third-order valence-electron chi connectivity index (χ3n) is 3.53. The molecule has 2 aromatic carbocycles. The van der Waals surface area contributed by atoms with Crippen molar-refractivity contribution in [3.05, 3.63) is 58.1 Å². The number of halogens is 1. The summed E-state index contributed by atoms with van der Waals surface area (Å²) in [4.78, 5) is 12.0. The third-order valence-corrected chi connectivity index (χ3v) is 3.94. The van der Waals surface area contributed by atoms with E-state index in [1.807, 2.05) is 50.2 Å². The first-order chi connectivity index (χ1) is 9.97. The Morgan fingerprint density at radius 2 is 2.00 bits per heavy atom. The van der Waals surface area contributed by atoms with Crippen molar-refractivity contribution >= 4 is 28.9 Å². The molecule has 0 saturated heterocycles. The predicted octanol–water partition coefficient (Wildman–Crippen LogP) is 4.11. The van der Waals surface area contributed by atoms with Gasteiger partial charge in [-0.3, -0.25) is 4.79 Å². The van der Waals surface area contributed by atoms with Crippen LogP contribution in [0, 0.1) is 13.8 Å². The number of nitrogen functional groups attached to an aromatic ring is 1. The fourth-order valence-corrected chi connectivity index (χ4v) is 2.23. The van der Waals surface area contributed by atoms with Crippen LogP contribution < -0.4 is 11.1 Å². The molecule has 2 aromatic rings. The number of carbonyl (C=O) groups is 1. The number of rotatable bonds is 4. The first-order valence-corrected chi connectivity index (χ1v) is 7.25. The van der Waals surface area contributed by atoms with Gasteiger partial charge in [0.05, 0.1) is 0 Å². The molecule has 0 aliphatic rings. The lowest BCUT2D eigenvalue weighted by Crippen LogP contribution is -2.13. The van der Waals surface area contributed by atoms with E-state index in [9.17, 15) is 4.79 Å². The van der Waals surface area contributed by atoms with E-state index in [-0.39, 0.29) is 5.91 Å². The topological polar surface area (TPSA) is 55.1 Å². The maximum absolute atomic E-state index is 12.0. The van der Waals surface area contributed by atoms with Gasteiger partial charge >= 0.3 is 0 Å². The van der Waals surface area contributed by atoms with Crippen LogP contribution in [-0.4, -0.2) is 5.91 Å². The summed E-state index contributed by atoms with van der Waals surface area (Å²) in [6, 6.07) is 11.4. The average Bonchev–Trinajstić information content (AvgIpc) is 2.45. The Balaban J connectivity index is 1.96. The van der Waals surface area contributed by atoms with E-state index in [0.717, 1.165) is 28.1 Å². The standard InChI is InChI=1S/C17H19ClN2O/c1-11-6-7-13(10-15(11)19)8-9-17(21)20-16-5-3-4-14(18)12(16)2/h3-7,10H,8-9,19H2,1-2H3,(H,20,21). The zero-order valence-corrected chi connectivity index (χ0v) is 13.0. The van der Waals surface area contributed by atoms with Crippen molar-refractivity contribution in [3.8, 4) is 0 Å². The molecular weight excluding hydrogens is 284 g/mol. The first-order valence-electron chi connectivity index (χ1n) is 6.87. The van der Waals surface area contributed by atoms with Gasteiger partial charge in [0.1, 0.15) is 0 Å². The lowest BCUT2D eigenvalue weighted by Gasteiger charge is -2.10. The molecule has 110 valence electrons. The smallest absolute Gasteiger partial charge is 0.224 e. The summed E-state index contributed by atoms with van der Waals surface area (Å²) in [5, 5.41) is 3.54. The SMILES string of the molecule is Cc1ccc(CCC(=O)Nc2cccc(Cl)c2C)cc1N. The number of benzene rings is 2. The number of nitrogens with one attached hydrogen (secondary N) is 1. The van der Waals surface area contributed by atoms with E-state index in [0.29, 0.717) is 17.9 Å². The molecule has 0 fully saturated rings. The Morgan fingerprint density at radius 3 is 2.71 bits per heavy atom. The summed E-state index contributed by atoms with van der Waals surface area (Å²) in [7, 11) is 0. The summed E-state index contributed by atoms with van der Waals surface area (Å²) < 4.78 is 0. The lowest BCUT2D eigenvalue weighted by molar-refractivity contribution is -0.116. The van der Waals surface area contributed by atoms with Gasteiger partial charge in [0, 0.05) is 22.8 Å². The Bertz CT molecular complexity index is 668. The Labute approximate surface area is 130 Å². The van der Waals surface area contributed by atoms with E-state index in [1.165, 1.54) is 0 Å². The van der Waals surface area contributed by atoms with E-state index < -0.39 is 0 Å². The minimum atomic E-state index is -0.0282. The second kappa shape index (κ2) is 6.64. The van der Waals surface area contributed by atoms with Crippen LogP contribution in [0.4, 0.5) is 11.4 Å². The second-order valence-corrected chi connectivity index (χ2v) is 5.56. The molecule has 0 saturated carbocycles. The van der Waals surface area contributed by atoms with Crippen molar-refractivity contribution in [2.45, 2.75) is 26.7 Å². The quantitative estimate of drug-likeness (QED) is 0.835. The summed E-state index contributed by atoms with van der Waals surface area (Å²) in [5.41, 5.74) is 10.4. The van der Waals surface area contributed by atoms with Crippen LogP contribution in [0.15, 0.2) is 36.4 Å². The number of amides is 1. The highest BCUT2D eigenvalue weighted by Gasteiger charge is 2.07. The minimum absolute atomic E-state index is 0.0282. The van der Waals surface area contributed by atoms with Gasteiger partial charge in [0.2, 0.25) is 5.91 Å². The summed E-state index contributed by atoms with van der Waals surface area (Å²) in [5.74, 6) is -0.0282. The molecule has 1 amide bonds. The lowest BCUT2D eigenvalue weighted by atomic mass is 10.1. The molecule has 0 spiro atoms. The molecule has 0 bridgehead atoms. The normalized spacial score (nSPS) is 10.4. The average molecular weight is 303 g/mol. The van der Waals surface area contributed by atoms with Crippen molar-refractivity contribution in [1.82, 2.24) is 0 Å². The van der Waals surface area contributed by atoms with Gasteiger partial charge in [0.25, 0.3) is 0 Å². The van der Waals surface area contributed by atoms with E-state index in [2.05, 4.69) is 5.32 Å². The molecule has 3 N–H and O–H groups in total. The van der Waals surface area contributed by atoms with Crippen LogP contribution in [0.25, 0.3) is 0 Å². The van der Waals surface area contributed by atoms with E-state index in [4.69, 9.17) is 17.3 Å². The highest BCUT2D eigenvalue weighted by molar-refractivity contribution is 6.31. The maximum atomic E-state index is 12.0. The van der Waals surface area contributed by atoms with Gasteiger partial charge in [-0.1, -0.05) is 29.8 Å². The largest absolute Gasteiger partial charge is 0.399 e. The van der Waals surface area contributed by atoms with E-state index >= 15 is 0 Å². The van der Waals surface area contributed by atoms with Crippen LogP contribution in [0.1, 0.15) is 23.1 Å². The van der Waals surface area contributed by atoms with Crippen molar-refractivity contribution in [3.63, 3.8) is 0 Å². The zero-order valence-electron chi connectivity index (χ0n) is 12.2. The second-order valence-electron chi connectivity index (χ2n) is 5.15. The van der Waals surface area contributed by atoms with Crippen LogP contribution in [0.2, 0.25) is 5.02 Å². The van der Waals surface area contributed by atoms with Gasteiger partial charge < -0.3 is 11.1 Å². The Morgan fingerprint density at radius 1 is 1.24 bits per heavy atom. The molecule has 21 heavy (non-hydrogen) atoms. The molecule has 4 heteroatoms. The number of hydrogen-bond acceptors (Lipinski definition) is 2. The fraction of sp³-hybridized carbons (Fsp3) is 0.235. The molecule has 0 aliphatic heterocycles. The maximum Gasteiger partial charge on any atom is 0.224 e. The highest BCUT2D eigenvalue weighted by atomic mass is 35.5. The third kappa shape index (κ3) is 3.99. The van der Waals surface area contributed by atoms with Gasteiger partial charge in [-0.2, -0.15) is 0 Å². The van der Waals surface area contributed by atoms with Crippen LogP contribution in [-0.2, 0) is 11.2 Å². The van der Waals surface area contributed by atoms with Gasteiger partial charge in [-0.15, -0.1) is 0 Å². The Hall–Kier alpha value is -2.00. The number of nitrogens with two attached hydrogens (primary N) is 1. The predicted molar refractivity (Wildman–Crippen MR) is 88.7 cm³/mol. The summed E-state index contributed by atoms with van der Waals surface area (Å²) >= 11 is 6.04. The summed E-state index contributed by atoms with van der Waals surface area (Å²) in [6.45, 7) is 3.85. The molecule has 0 atom stereocenters. The van der Waals surface area contributed by atoms with Gasteiger partial charge in [-0.25, -0.2) is 0 Å². The van der Waals surface area contributed by atoms with Crippen molar-refractivity contribution in [2.24, 2.45) is 0 Å². The number of carbonyl (C=O) groups excluding carboxylic acids is 1. The fourth-order valence-electron chi connectivity index (χ4n) is 2.06. The highest BCUT2D eigenvalue weighted by Crippen LogP contribution is 2.23. The molecule has 3 nitrogen and oxygen atoms in total. The molecule has 0 radical (unpaired) electrons. The van der Waals surface area contributed by atoms with Crippen LogP contribution >= 0.6 is 11.6 Å². The van der Waals surface area contributed by atoms with Crippen molar-refractivity contribution in [2.75, 3.05) is 11.1 Å². The van der Waals surface area contributed by atoms with Gasteiger partial charge in [0.15, 0.2) is 0 Å². The van der Waals surface area contributed by atoms with Crippen LogP contribution in [0.5, 0.6) is 0 Å². The number of hydrogen-bond donors (Lipinski definition) is 2. The number of anilines is 2. The molecular formula is C17H19ClN2O.